The number of rotatable bonds is 4. The van der Waals surface area contributed by atoms with Crippen LogP contribution in [0, 0.1) is 17.0 Å². The van der Waals surface area contributed by atoms with Crippen LogP contribution in [0.3, 0.4) is 0 Å². The number of nitro benzene ring substituents is 1. The Hall–Kier alpha value is -2.36. The van der Waals surface area contributed by atoms with Crippen molar-refractivity contribution >= 4 is 11.4 Å². The summed E-state index contributed by atoms with van der Waals surface area (Å²) in [6.45, 7) is 1.97. The third-order valence-corrected chi connectivity index (χ3v) is 4.20. The highest BCUT2D eigenvalue weighted by Crippen LogP contribution is 2.39. The molecule has 0 radical (unpaired) electrons. The number of nitrogens with one attached hydrogen (secondary N) is 1. The van der Waals surface area contributed by atoms with Crippen molar-refractivity contribution in [2.75, 3.05) is 5.32 Å². The summed E-state index contributed by atoms with van der Waals surface area (Å²) in [4.78, 5) is 10.5. The molecule has 4 heteroatoms. The van der Waals surface area contributed by atoms with Crippen LogP contribution in [0.15, 0.2) is 48.5 Å². The Labute approximate surface area is 124 Å². The van der Waals surface area contributed by atoms with E-state index in [4.69, 9.17) is 0 Å². The van der Waals surface area contributed by atoms with Gasteiger partial charge in [0.1, 0.15) is 0 Å². The van der Waals surface area contributed by atoms with Gasteiger partial charge in [-0.3, -0.25) is 10.1 Å². The van der Waals surface area contributed by atoms with Crippen molar-refractivity contribution in [3.05, 3.63) is 69.8 Å². The number of hydrogen-bond acceptors (Lipinski definition) is 3. The minimum absolute atomic E-state index is 0.141. The third-order valence-electron chi connectivity index (χ3n) is 4.20. The molecule has 2 aromatic carbocycles. The van der Waals surface area contributed by atoms with E-state index in [1.54, 1.807) is 18.2 Å². The van der Waals surface area contributed by atoms with Crippen molar-refractivity contribution in [3.63, 3.8) is 0 Å². The first kappa shape index (κ1) is 13.6. The second-order valence-electron chi connectivity index (χ2n) is 5.68. The Morgan fingerprint density at radius 2 is 1.86 bits per heavy atom. The normalized spacial score (nSPS) is 20.6. The number of aryl methyl sites for hydroxylation is 1. The van der Waals surface area contributed by atoms with Crippen LogP contribution in [-0.2, 0) is 0 Å². The minimum Gasteiger partial charge on any atom is -0.382 e. The molecular weight excluding hydrogens is 264 g/mol. The molecule has 0 aromatic heterocycles. The van der Waals surface area contributed by atoms with Crippen molar-refractivity contribution in [3.8, 4) is 0 Å². The SMILES string of the molecule is Cc1ccc([N+](=O)[O-])cc1NC1CC(c2ccccc2)C1. The second kappa shape index (κ2) is 5.56. The maximum absolute atomic E-state index is 10.8. The van der Waals surface area contributed by atoms with Gasteiger partial charge in [-0.15, -0.1) is 0 Å². The first-order valence-electron chi connectivity index (χ1n) is 7.20. The number of anilines is 1. The van der Waals surface area contributed by atoms with Crippen molar-refractivity contribution in [2.24, 2.45) is 0 Å². The van der Waals surface area contributed by atoms with Gasteiger partial charge in [0.05, 0.1) is 4.92 Å². The molecule has 2 aromatic rings. The van der Waals surface area contributed by atoms with Gasteiger partial charge in [-0.25, -0.2) is 0 Å². The highest BCUT2D eigenvalue weighted by molar-refractivity contribution is 5.57. The minimum atomic E-state index is -0.349. The molecule has 1 saturated carbocycles. The summed E-state index contributed by atoms with van der Waals surface area (Å²) in [5.41, 5.74) is 3.44. The van der Waals surface area contributed by atoms with Gasteiger partial charge >= 0.3 is 0 Å². The number of benzene rings is 2. The Morgan fingerprint density at radius 3 is 2.52 bits per heavy atom. The quantitative estimate of drug-likeness (QED) is 0.673. The van der Waals surface area contributed by atoms with Crippen LogP contribution in [0.4, 0.5) is 11.4 Å². The van der Waals surface area contributed by atoms with Crippen LogP contribution in [0.2, 0.25) is 0 Å². The summed E-state index contributed by atoms with van der Waals surface area (Å²) < 4.78 is 0. The average molecular weight is 282 g/mol. The highest BCUT2D eigenvalue weighted by atomic mass is 16.6. The average Bonchev–Trinajstić information content (AvgIpc) is 2.44. The Bertz CT molecular complexity index is 649. The van der Waals surface area contributed by atoms with E-state index in [0.717, 1.165) is 24.1 Å². The highest BCUT2D eigenvalue weighted by Gasteiger charge is 2.30. The zero-order valence-electron chi connectivity index (χ0n) is 12.0. The molecule has 0 saturated heterocycles. The first-order chi connectivity index (χ1) is 10.1. The molecule has 1 fully saturated rings. The number of nitro groups is 1. The Morgan fingerprint density at radius 1 is 1.14 bits per heavy atom. The van der Waals surface area contributed by atoms with Gasteiger partial charge in [-0.1, -0.05) is 36.4 Å². The molecule has 0 amide bonds. The smallest absolute Gasteiger partial charge is 0.271 e. The van der Waals surface area contributed by atoms with Gasteiger partial charge in [0.2, 0.25) is 0 Å². The van der Waals surface area contributed by atoms with Crippen LogP contribution in [0.5, 0.6) is 0 Å². The molecule has 1 aliphatic carbocycles. The molecule has 0 aliphatic heterocycles. The van der Waals surface area contributed by atoms with Gasteiger partial charge in [0, 0.05) is 23.9 Å². The van der Waals surface area contributed by atoms with Gasteiger partial charge in [0.25, 0.3) is 5.69 Å². The molecule has 0 spiro atoms. The molecule has 0 heterocycles. The Kier molecular flexibility index (Phi) is 3.60. The molecule has 0 bridgehead atoms. The molecule has 0 unspecified atom stereocenters. The van der Waals surface area contributed by atoms with Crippen molar-refractivity contribution in [1.29, 1.82) is 0 Å². The maximum Gasteiger partial charge on any atom is 0.271 e. The van der Waals surface area contributed by atoms with Gasteiger partial charge in [-0.05, 0) is 36.8 Å². The van der Waals surface area contributed by atoms with Crippen LogP contribution in [0.1, 0.15) is 29.9 Å². The number of non-ortho nitro benzene ring substituents is 1. The molecule has 1 aliphatic rings. The standard InChI is InChI=1S/C17H18N2O2/c1-12-7-8-16(19(20)21)11-17(12)18-15-9-14(10-15)13-5-3-2-4-6-13/h2-8,11,14-15,18H,9-10H2,1H3. The lowest BCUT2D eigenvalue weighted by atomic mass is 9.76. The number of hydrogen-bond donors (Lipinski definition) is 1. The lowest BCUT2D eigenvalue weighted by Crippen LogP contribution is -2.34. The van der Waals surface area contributed by atoms with Crippen LogP contribution in [-0.4, -0.2) is 11.0 Å². The summed E-state index contributed by atoms with van der Waals surface area (Å²) >= 11 is 0. The lowest BCUT2D eigenvalue weighted by Gasteiger charge is -2.37. The van der Waals surface area contributed by atoms with E-state index in [1.807, 2.05) is 13.0 Å². The third kappa shape index (κ3) is 2.89. The van der Waals surface area contributed by atoms with E-state index in [2.05, 4.69) is 29.6 Å². The van der Waals surface area contributed by atoms with Crippen molar-refractivity contribution in [2.45, 2.75) is 31.7 Å². The largest absolute Gasteiger partial charge is 0.382 e. The van der Waals surface area contributed by atoms with Crippen LogP contribution < -0.4 is 5.32 Å². The van der Waals surface area contributed by atoms with Crippen LogP contribution in [0.25, 0.3) is 0 Å². The molecular formula is C17H18N2O2. The van der Waals surface area contributed by atoms with E-state index in [-0.39, 0.29) is 10.6 Å². The predicted octanol–water partition coefficient (Wildman–Crippen LogP) is 4.26. The van der Waals surface area contributed by atoms with E-state index in [9.17, 15) is 10.1 Å². The second-order valence-corrected chi connectivity index (χ2v) is 5.68. The topological polar surface area (TPSA) is 55.2 Å². The predicted molar refractivity (Wildman–Crippen MR) is 83.7 cm³/mol. The first-order valence-corrected chi connectivity index (χ1v) is 7.20. The molecule has 3 rings (SSSR count). The summed E-state index contributed by atoms with van der Waals surface area (Å²) in [6.07, 6.45) is 2.15. The summed E-state index contributed by atoms with van der Waals surface area (Å²) in [7, 11) is 0. The summed E-state index contributed by atoms with van der Waals surface area (Å²) in [5, 5.41) is 14.3. The van der Waals surface area contributed by atoms with E-state index in [1.165, 1.54) is 5.56 Å². The molecule has 4 nitrogen and oxygen atoms in total. The zero-order valence-corrected chi connectivity index (χ0v) is 12.0. The lowest BCUT2D eigenvalue weighted by molar-refractivity contribution is -0.384. The Balaban J connectivity index is 1.64. The van der Waals surface area contributed by atoms with E-state index >= 15 is 0 Å². The van der Waals surface area contributed by atoms with Gasteiger partial charge in [0.15, 0.2) is 0 Å². The molecule has 0 atom stereocenters. The summed E-state index contributed by atoms with van der Waals surface area (Å²) in [6, 6.07) is 15.9. The van der Waals surface area contributed by atoms with E-state index < -0.39 is 0 Å². The monoisotopic (exact) mass is 282 g/mol. The van der Waals surface area contributed by atoms with Crippen LogP contribution >= 0.6 is 0 Å². The number of nitrogens with zero attached hydrogens (tertiary/aromatic N) is 1. The van der Waals surface area contributed by atoms with Gasteiger partial charge < -0.3 is 5.32 Å². The molecule has 21 heavy (non-hydrogen) atoms. The zero-order chi connectivity index (χ0) is 14.8. The fourth-order valence-corrected chi connectivity index (χ4v) is 2.83. The summed E-state index contributed by atoms with van der Waals surface area (Å²) in [5.74, 6) is 0.600. The maximum atomic E-state index is 10.8. The molecule has 108 valence electrons. The van der Waals surface area contributed by atoms with E-state index in [0.29, 0.717) is 12.0 Å². The van der Waals surface area contributed by atoms with Crippen molar-refractivity contribution < 1.29 is 4.92 Å². The van der Waals surface area contributed by atoms with Gasteiger partial charge in [-0.2, -0.15) is 0 Å². The fourth-order valence-electron chi connectivity index (χ4n) is 2.83. The fraction of sp³-hybridized carbons (Fsp3) is 0.294. The van der Waals surface area contributed by atoms with Crippen molar-refractivity contribution in [1.82, 2.24) is 0 Å². The molecule has 1 N–H and O–H groups in total.